The normalized spacial score (nSPS) is 12.0. The lowest BCUT2D eigenvalue weighted by molar-refractivity contribution is -0.156. The Morgan fingerprint density at radius 1 is 0.438 bits per heavy atom. The van der Waals surface area contributed by atoms with Gasteiger partial charge in [0.2, 0.25) is 0 Å². The van der Waals surface area contributed by atoms with Crippen LogP contribution in [0.2, 0.25) is 0 Å². The predicted molar refractivity (Wildman–Crippen MR) is 198 cm³/mol. The van der Waals surface area contributed by atoms with E-state index in [4.69, 9.17) is 18.9 Å². The summed E-state index contributed by atoms with van der Waals surface area (Å²) in [4.78, 5) is 23.7. The highest BCUT2D eigenvalue weighted by molar-refractivity contribution is 6.11. The summed E-state index contributed by atoms with van der Waals surface area (Å²) in [5, 5.41) is 4.40. The van der Waals surface area contributed by atoms with Crippen molar-refractivity contribution in [1.82, 2.24) is 0 Å². The standard InChI is InChI=1S/C42H62O6/c1-41(2,3)47-37(43)29-17-13-9-7-11-15-23-31-45-39-33-25-19-21-27-35(33)40(36-28-22-20-26-34(36)39)46-32-24-16-12-8-10-14-18-30-38(44)48-42(4,5)6/h19-22,25-28H,7-18,23-24,29-32H2,1-6H3. The molecule has 266 valence electrons. The summed E-state index contributed by atoms with van der Waals surface area (Å²) in [5.41, 5.74) is -0.800. The summed E-state index contributed by atoms with van der Waals surface area (Å²) < 4.78 is 23.8. The molecule has 0 atom stereocenters. The van der Waals surface area contributed by atoms with Crippen molar-refractivity contribution < 1.29 is 28.5 Å². The van der Waals surface area contributed by atoms with Gasteiger partial charge in [0.25, 0.3) is 0 Å². The van der Waals surface area contributed by atoms with Crippen LogP contribution in [0.25, 0.3) is 21.5 Å². The smallest absolute Gasteiger partial charge is 0.306 e. The van der Waals surface area contributed by atoms with Gasteiger partial charge >= 0.3 is 11.9 Å². The molecule has 0 radical (unpaired) electrons. The van der Waals surface area contributed by atoms with Gasteiger partial charge in [-0.15, -0.1) is 0 Å². The van der Waals surface area contributed by atoms with Crippen LogP contribution in [-0.4, -0.2) is 36.4 Å². The van der Waals surface area contributed by atoms with Crippen molar-refractivity contribution in [3.8, 4) is 11.5 Å². The van der Waals surface area contributed by atoms with Gasteiger partial charge < -0.3 is 18.9 Å². The second-order valence-corrected chi connectivity index (χ2v) is 15.1. The molecule has 0 aromatic heterocycles. The number of fused-ring (bicyclic) bond motifs is 2. The number of esters is 2. The maximum Gasteiger partial charge on any atom is 0.306 e. The molecule has 0 aliphatic heterocycles. The quantitative estimate of drug-likeness (QED) is 0.0606. The van der Waals surface area contributed by atoms with E-state index in [1.807, 2.05) is 41.5 Å². The molecule has 0 spiro atoms. The van der Waals surface area contributed by atoms with Crippen LogP contribution in [0.3, 0.4) is 0 Å². The molecule has 0 fully saturated rings. The molecule has 6 heteroatoms. The number of benzene rings is 3. The van der Waals surface area contributed by atoms with Crippen LogP contribution in [0.15, 0.2) is 48.5 Å². The van der Waals surface area contributed by atoms with E-state index in [0.717, 1.165) is 97.3 Å². The zero-order valence-corrected chi connectivity index (χ0v) is 30.8. The largest absolute Gasteiger partial charge is 0.492 e. The highest BCUT2D eigenvalue weighted by Crippen LogP contribution is 2.42. The molecule has 0 aliphatic rings. The number of hydrogen-bond donors (Lipinski definition) is 0. The molecule has 0 bridgehead atoms. The number of carbonyl (C=O) groups excluding carboxylic acids is 2. The van der Waals surface area contributed by atoms with Gasteiger partial charge in [0, 0.05) is 34.4 Å². The molecule has 3 rings (SSSR count). The van der Waals surface area contributed by atoms with Crippen LogP contribution in [-0.2, 0) is 19.1 Å². The number of carbonyl (C=O) groups is 2. The first-order chi connectivity index (χ1) is 22.9. The van der Waals surface area contributed by atoms with Gasteiger partial charge in [-0.05, 0) is 67.2 Å². The number of rotatable bonds is 22. The zero-order valence-electron chi connectivity index (χ0n) is 30.8. The Morgan fingerprint density at radius 2 is 0.708 bits per heavy atom. The third-order valence-electron chi connectivity index (χ3n) is 8.22. The molecule has 0 N–H and O–H groups in total. The van der Waals surface area contributed by atoms with E-state index in [9.17, 15) is 9.59 Å². The zero-order chi connectivity index (χ0) is 34.8. The first-order valence-corrected chi connectivity index (χ1v) is 18.6. The minimum atomic E-state index is -0.400. The second kappa shape index (κ2) is 20.3. The molecule has 6 nitrogen and oxygen atoms in total. The summed E-state index contributed by atoms with van der Waals surface area (Å²) in [6, 6.07) is 16.9. The maximum absolute atomic E-state index is 11.9. The molecular formula is C42H62O6. The predicted octanol–water partition coefficient (Wildman–Crippen LogP) is 11.7. The Morgan fingerprint density at radius 3 is 1.00 bits per heavy atom. The Hall–Kier alpha value is -3.28. The van der Waals surface area contributed by atoms with Crippen LogP contribution in [0.1, 0.15) is 144 Å². The van der Waals surface area contributed by atoms with E-state index >= 15 is 0 Å². The monoisotopic (exact) mass is 662 g/mol. The maximum atomic E-state index is 11.9. The lowest BCUT2D eigenvalue weighted by Gasteiger charge is -2.19. The van der Waals surface area contributed by atoms with Crippen LogP contribution >= 0.6 is 0 Å². The Bertz CT molecular complexity index is 1230. The molecular weight excluding hydrogens is 600 g/mol. The van der Waals surface area contributed by atoms with Crippen molar-refractivity contribution >= 4 is 33.5 Å². The van der Waals surface area contributed by atoms with Gasteiger partial charge in [0.1, 0.15) is 22.7 Å². The van der Waals surface area contributed by atoms with Gasteiger partial charge in [-0.3, -0.25) is 9.59 Å². The van der Waals surface area contributed by atoms with E-state index < -0.39 is 11.2 Å². The van der Waals surface area contributed by atoms with Gasteiger partial charge in [-0.1, -0.05) is 113 Å². The van der Waals surface area contributed by atoms with E-state index in [1.165, 1.54) is 25.7 Å². The van der Waals surface area contributed by atoms with Gasteiger partial charge in [-0.25, -0.2) is 0 Å². The summed E-state index contributed by atoms with van der Waals surface area (Å²) in [7, 11) is 0. The first kappa shape index (κ1) is 39.2. The SMILES string of the molecule is CC(C)(C)OC(=O)CCCCCCCCCOc1c2ccccc2c(OCCCCCCCCCC(=O)OC(C)(C)C)c2ccccc12. The van der Waals surface area contributed by atoms with Crippen molar-refractivity contribution in [1.29, 1.82) is 0 Å². The summed E-state index contributed by atoms with van der Waals surface area (Å²) >= 11 is 0. The van der Waals surface area contributed by atoms with E-state index in [2.05, 4.69) is 48.5 Å². The molecule has 0 heterocycles. The lowest BCUT2D eigenvalue weighted by atomic mass is 10.0. The molecule has 48 heavy (non-hydrogen) atoms. The van der Waals surface area contributed by atoms with Crippen LogP contribution in [0.4, 0.5) is 0 Å². The summed E-state index contributed by atoms with van der Waals surface area (Å²) in [6.45, 7) is 12.9. The molecule has 0 saturated heterocycles. The van der Waals surface area contributed by atoms with E-state index in [0.29, 0.717) is 26.1 Å². The fraction of sp³-hybridized carbons (Fsp3) is 0.619. The fourth-order valence-corrected chi connectivity index (χ4v) is 6.00. The van der Waals surface area contributed by atoms with Gasteiger partial charge in [0.05, 0.1) is 13.2 Å². The van der Waals surface area contributed by atoms with Crippen LogP contribution in [0, 0.1) is 0 Å². The summed E-state index contributed by atoms with van der Waals surface area (Å²) in [6.07, 6.45) is 16.3. The Labute approximate surface area is 290 Å². The highest BCUT2D eigenvalue weighted by Gasteiger charge is 2.17. The molecule has 3 aromatic carbocycles. The molecule has 0 saturated carbocycles. The van der Waals surface area contributed by atoms with E-state index in [-0.39, 0.29) is 11.9 Å². The van der Waals surface area contributed by atoms with Crippen molar-refractivity contribution in [3.05, 3.63) is 48.5 Å². The third-order valence-corrected chi connectivity index (χ3v) is 8.22. The third kappa shape index (κ3) is 14.9. The van der Waals surface area contributed by atoms with Crippen molar-refractivity contribution in [2.24, 2.45) is 0 Å². The summed E-state index contributed by atoms with van der Waals surface area (Å²) in [5.74, 6) is 1.71. The minimum absolute atomic E-state index is 0.0907. The number of ether oxygens (including phenoxy) is 4. The van der Waals surface area contributed by atoms with E-state index in [1.54, 1.807) is 0 Å². The topological polar surface area (TPSA) is 71.1 Å². The Kier molecular flexibility index (Phi) is 16.5. The van der Waals surface area contributed by atoms with Gasteiger partial charge in [0.15, 0.2) is 0 Å². The van der Waals surface area contributed by atoms with Crippen molar-refractivity contribution in [2.45, 2.75) is 155 Å². The average molecular weight is 663 g/mol. The molecule has 0 unspecified atom stereocenters. The van der Waals surface area contributed by atoms with Gasteiger partial charge in [-0.2, -0.15) is 0 Å². The number of hydrogen-bond acceptors (Lipinski definition) is 6. The second-order valence-electron chi connectivity index (χ2n) is 15.1. The van der Waals surface area contributed by atoms with Crippen LogP contribution in [0.5, 0.6) is 11.5 Å². The van der Waals surface area contributed by atoms with Crippen molar-refractivity contribution in [3.63, 3.8) is 0 Å². The first-order valence-electron chi connectivity index (χ1n) is 18.6. The van der Waals surface area contributed by atoms with Crippen molar-refractivity contribution in [2.75, 3.05) is 13.2 Å². The molecule has 3 aromatic rings. The molecule has 0 aliphatic carbocycles. The minimum Gasteiger partial charge on any atom is -0.492 e. The lowest BCUT2D eigenvalue weighted by Crippen LogP contribution is -2.23. The average Bonchev–Trinajstić information content (AvgIpc) is 3.01. The number of unbranched alkanes of at least 4 members (excludes halogenated alkanes) is 12. The molecule has 0 amide bonds. The Balaban J connectivity index is 1.39. The highest BCUT2D eigenvalue weighted by atomic mass is 16.6. The van der Waals surface area contributed by atoms with Crippen LogP contribution < -0.4 is 9.47 Å². The fourth-order valence-electron chi connectivity index (χ4n) is 6.00.